The number of ether oxygens (including phenoxy) is 1. The van der Waals surface area contributed by atoms with E-state index in [0.29, 0.717) is 0 Å². The van der Waals surface area contributed by atoms with Crippen LogP contribution in [-0.4, -0.2) is 29.6 Å². The number of carbonyl (C=O) groups excluding carboxylic acids is 2. The zero-order valence-corrected chi connectivity index (χ0v) is 13.6. The minimum Gasteiger partial charge on any atom is -0.448 e. The van der Waals surface area contributed by atoms with Gasteiger partial charge in [0.25, 0.3) is 0 Å². The van der Waals surface area contributed by atoms with Crippen molar-refractivity contribution in [3.63, 3.8) is 0 Å². The van der Waals surface area contributed by atoms with E-state index in [0.717, 1.165) is 37.4 Å². The third kappa shape index (κ3) is 5.57. The summed E-state index contributed by atoms with van der Waals surface area (Å²) in [5, 5.41) is 2.72. The highest BCUT2D eigenvalue weighted by Crippen LogP contribution is 2.20. The van der Waals surface area contributed by atoms with Crippen molar-refractivity contribution in [1.82, 2.24) is 5.32 Å². The summed E-state index contributed by atoms with van der Waals surface area (Å²) in [5.41, 5.74) is -0.444. The van der Waals surface area contributed by atoms with Crippen molar-refractivity contribution in [1.29, 1.82) is 0 Å². The van der Waals surface area contributed by atoms with Crippen LogP contribution in [0.4, 0.5) is 4.79 Å². The molecule has 114 valence electrons. The van der Waals surface area contributed by atoms with Crippen molar-refractivity contribution < 1.29 is 14.3 Å². The molecule has 2 atom stereocenters. The number of amides is 1. The second kappa shape index (κ2) is 7.72. The normalized spacial score (nSPS) is 25.2. The van der Waals surface area contributed by atoms with Crippen LogP contribution in [-0.2, 0) is 9.53 Å². The number of hydrogen-bond acceptors (Lipinski definition) is 4. The predicted octanol–water partition coefficient (Wildman–Crippen LogP) is 3.52. The Kier molecular flexibility index (Phi) is 6.59. The zero-order valence-electron chi connectivity index (χ0n) is 12.8. The molecule has 0 aromatic rings. The summed E-state index contributed by atoms with van der Waals surface area (Å²) in [6.07, 6.45) is 9.20. The smallest absolute Gasteiger partial charge is 0.367 e. The van der Waals surface area contributed by atoms with Gasteiger partial charge in [0, 0.05) is 5.41 Å². The lowest BCUT2D eigenvalue weighted by atomic mass is 9.93. The van der Waals surface area contributed by atoms with Crippen LogP contribution in [0.3, 0.4) is 0 Å². The van der Waals surface area contributed by atoms with Gasteiger partial charge in [-0.05, 0) is 43.4 Å². The van der Waals surface area contributed by atoms with Gasteiger partial charge >= 0.3 is 5.30 Å². The first-order valence-electron chi connectivity index (χ1n) is 7.07. The molecule has 1 aliphatic rings. The molecule has 1 amide bonds. The van der Waals surface area contributed by atoms with E-state index < -0.39 is 5.41 Å². The van der Waals surface area contributed by atoms with Crippen molar-refractivity contribution in [2.45, 2.75) is 58.6 Å². The lowest BCUT2D eigenvalue weighted by Crippen LogP contribution is -2.48. The second-order valence-electron chi connectivity index (χ2n) is 6.08. The number of nitrogens with one attached hydrogen (secondary N) is 1. The quantitative estimate of drug-likeness (QED) is 0.626. The van der Waals surface area contributed by atoms with Crippen molar-refractivity contribution in [3.8, 4) is 0 Å². The largest absolute Gasteiger partial charge is 0.448 e. The first kappa shape index (κ1) is 17.1. The fraction of sp³-hybridized carbons (Fsp3) is 0.733. The summed E-state index contributed by atoms with van der Waals surface area (Å²) < 4.78 is 5.42. The molecule has 0 fully saturated rings. The molecule has 0 aromatic carbocycles. The lowest BCUT2D eigenvalue weighted by molar-refractivity contribution is -0.130. The number of rotatable bonds is 2. The van der Waals surface area contributed by atoms with Crippen LogP contribution in [0, 0.1) is 5.41 Å². The van der Waals surface area contributed by atoms with Gasteiger partial charge in [0.05, 0.1) is 6.04 Å². The Morgan fingerprint density at radius 2 is 2.00 bits per heavy atom. The number of allylic oxidation sites excluding steroid dienone is 1. The summed E-state index contributed by atoms with van der Waals surface area (Å²) in [6, 6.07) is -0.144. The van der Waals surface area contributed by atoms with E-state index in [1.165, 1.54) is 0 Å². The van der Waals surface area contributed by atoms with E-state index in [2.05, 4.69) is 5.32 Å². The molecule has 0 radical (unpaired) electrons. The summed E-state index contributed by atoms with van der Waals surface area (Å²) in [5.74, 6) is -0.0123. The van der Waals surface area contributed by atoms with E-state index in [1.807, 2.05) is 32.9 Å². The molecule has 0 aromatic heterocycles. The molecule has 2 unspecified atom stereocenters. The van der Waals surface area contributed by atoms with Gasteiger partial charge in [0.2, 0.25) is 5.91 Å². The standard InChI is InChI=1S/C15H25NO3S/c1-15(2,3)13(17)16-11-9-7-5-6-8-10-12(11)19-14(18)20-4/h8,10-12H,5-7,9H2,1-4H3,(H,16,17)/b10-8+. The molecule has 5 heteroatoms. The Balaban J connectivity index is 2.79. The molecule has 0 saturated heterocycles. The predicted molar refractivity (Wildman–Crippen MR) is 82.8 cm³/mol. The van der Waals surface area contributed by atoms with E-state index >= 15 is 0 Å². The highest BCUT2D eigenvalue weighted by Gasteiger charge is 2.29. The Bertz CT molecular complexity index is 374. The number of carbonyl (C=O) groups is 2. The summed E-state index contributed by atoms with van der Waals surface area (Å²) >= 11 is 1.05. The summed E-state index contributed by atoms with van der Waals surface area (Å²) in [6.45, 7) is 5.64. The van der Waals surface area contributed by atoms with Gasteiger partial charge in [0.1, 0.15) is 6.10 Å². The van der Waals surface area contributed by atoms with Crippen LogP contribution in [0.25, 0.3) is 0 Å². The second-order valence-corrected chi connectivity index (χ2v) is 6.82. The van der Waals surface area contributed by atoms with E-state index in [-0.39, 0.29) is 23.4 Å². The molecule has 4 nitrogen and oxygen atoms in total. The average Bonchev–Trinajstić information content (AvgIpc) is 2.35. The van der Waals surface area contributed by atoms with Gasteiger partial charge < -0.3 is 10.1 Å². The van der Waals surface area contributed by atoms with Crippen molar-refractivity contribution in [3.05, 3.63) is 12.2 Å². The van der Waals surface area contributed by atoms with Gasteiger partial charge in [0.15, 0.2) is 0 Å². The molecule has 1 aliphatic carbocycles. The van der Waals surface area contributed by atoms with E-state index in [9.17, 15) is 9.59 Å². The third-order valence-corrected chi connectivity index (χ3v) is 3.68. The molecule has 1 N–H and O–H groups in total. The maximum atomic E-state index is 12.2. The van der Waals surface area contributed by atoms with Gasteiger partial charge in [-0.3, -0.25) is 4.79 Å². The van der Waals surface area contributed by atoms with Gasteiger partial charge in [-0.2, -0.15) is 0 Å². The fourth-order valence-corrected chi connectivity index (χ4v) is 2.18. The number of thioether (sulfide) groups is 1. The van der Waals surface area contributed by atoms with Crippen LogP contribution in [0.15, 0.2) is 12.2 Å². The maximum Gasteiger partial charge on any atom is 0.367 e. The zero-order chi connectivity index (χ0) is 15.2. The van der Waals surface area contributed by atoms with Crippen molar-refractivity contribution in [2.24, 2.45) is 5.41 Å². The topological polar surface area (TPSA) is 55.4 Å². The fourth-order valence-electron chi connectivity index (χ4n) is 1.98. The SMILES string of the molecule is CSC(=O)OC1/C=C/CCCCC1NC(=O)C(C)(C)C. The minimum absolute atomic E-state index is 0.0123. The maximum absolute atomic E-state index is 12.2. The van der Waals surface area contributed by atoms with Crippen molar-refractivity contribution >= 4 is 23.0 Å². The molecule has 0 aliphatic heterocycles. The average molecular weight is 299 g/mol. The van der Waals surface area contributed by atoms with Crippen LogP contribution >= 0.6 is 11.8 Å². The van der Waals surface area contributed by atoms with Crippen LogP contribution < -0.4 is 5.32 Å². The Morgan fingerprint density at radius 1 is 1.30 bits per heavy atom. The van der Waals surface area contributed by atoms with Gasteiger partial charge in [-0.25, -0.2) is 4.79 Å². The molecule has 20 heavy (non-hydrogen) atoms. The Morgan fingerprint density at radius 3 is 2.60 bits per heavy atom. The van der Waals surface area contributed by atoms with Crippen LogP contribution in [0.1, 0.15) is 46.5 Å². The first-order valence-corrected chi connectivity index (χ1v) is 8.29. The van der Waals surface area contributed by atoms with Crippen LogP contribution in [0.2, 0.25) is 0 Å². The van der Waals surface area contributed by atoms with E-state index in [4.69, 9.17) is 4.74 Å². The van der Waals surface area contributed by atoms with Crippen LogP contribution in [0.5, 0.6) is 0 Å². The monoisotopic (exact) mass is 299 g/mol. The Labute approximate surface area is 125 Å². The molecule has 0 heterocycles. The molecule has 0 bridgehead atoms. The Hall–Kier alpha value is -0.970. The van der Waals surface area contributed by atoms with E-state index in [1.54, 1.807) is 6.26 Å². The minimum atomic E-state index is -0.444. The third-order valence-electron chi connectivity index (χ3n) is 3.25. The summed E-state index contributed by atoms with van der Waals surface area (Å²) in [4.78, 5) is 23.7. The van der Waals surface area contributed by atoms with Gasteiger partial charge in [-0.15, -0.1) is 0 Å². The highest BCUT2D eigenvalue weighted by molar-refractivity contribution is 8.12. The van der Waals surface area contributed by atoms with Gasteiger partial charge in [-0.1, -0.05) is 33.3 Å². The summed E-state index contributed by atoms with van der Waals surface area (Å²) in [7, 11) is 0. The molecule has 1 rings (SSSR count). The number of hydrogen-bond donors (Lipinski definition) is 1. The first-order chi connectivity index (χ1) is 9.34. The molecule has 0 spiro atoms. The highest BCUT2D eigenvalue weighted by atomic mass is 32.2. The molecular formula is C15H25NO3S. The molecular weight excluding hydrogens is 274 g/mol. The molecule has 0 saturated carbocycles. The van der Waals surface area contributed by atoms with Crippen molar-refractivity contribution in [2.75, 3.05) is 6.26 Å². The lowest BCUT2D eigenvalue weighted by Gasteiger charge is -2.29.